The van der Waals surface area contributed by atoms with Crippen LogP contribution in [0.4, 0.5) is 4.39 Å². The Morgan fingerprint density at radius 1 is 1.28 bits per heavy atom. The third-order valence-corrected chi connectivity index (χ3v) is 3.99. The van der Waals surface area contributed by atoms with Crippen LogP contribution in [0.5, 0.6) is 0 Å². The Hall–Kier alpha value is -0.930. The lowest BCUT2D eigenvalue weighted by atomic mass is 9.84. The van der Waals surface area contributed by atoms with E-state index in [0.717, 1.165) is 31.5 Å². The molecule has 1 fully saturated rings. The van der Waals surface area contributed by atoms with Gasteiger partial charge >= 0.3 is 0 Å². The zero-order valence-electron chi connectivity index (χ0n) is 11.2. The van der Waals surface area contributed by atoms with Crippen LogP contribution in [0.3, 0.4) is 0 Å². The highest BCUT2D eigenvalue weighted by Gasteiger charge is 2.41. The Kier molecular flexibility index (Phi) is 3.74. The summed E-state index contributed by atoms with van der Waals surface area (Å²) in [6, 6.07) is 6.70. The van der Waals surface area contributed by atoms with Gasteiger partial charge in [-0.3, -0.25) is 0 Å². The molecule has 100 valence electrons. The SMILES string of the molecule is CC(C)(CNCC1(CO)CC1)c1ccc(F)cc1. The van der Waals surface area contributed by atoms with Crippen LogP contribution >= 0.6 is 0 Å². The summed E-state index contributed by atoms with van der Waals surface area (Å²) in [5.74, 6) is -0.195. The minimum absolute atomic E-state index is 0.0285. The van der Waals surface area contributed by atoms with Gasteiger partial charge in [-0.05, 0) is 30.5 Å². The normalized spacial score (nSPS) is 17.8. The van der Waals surface area contributed by atoms with Crippen LogP contribution in [0.1, 0.15) is 32.3 Å². The summed E-state index contributed by atoms with van der Waals surface area (Å²) in [7, 11) is 0. The third kappa shape index (κ3) is 3.09. The van der Waals surface area contributed by atoms with Gasteiger partial charge in [-0.1, -0.05) is 26.0 Å². The van der Waals surface area contributed by atoms with Crippen LogP contribution in [0, 0.1) is 11.2 Å². The van der Waals surface area contributed by atoms with Gasteiger partial charge in [0.1, 0.15) is 5.82 Å². The zero-order chi connectivity index (χ0) is 13.2. The molecule has 0 atom stereocenters. The Morgan fingerprint density at radius 2 is 1.89 bits per heavy atom. The lowest BCUT2D eigenvalue weighted by Gasteiger charge is -2.27. The molecule has 1 aliphatic carbocycles. The first-order valence-corrected chi connectivity index (χ1v) is 6.55. The van der Waals surface area contributed by atoms with Crippen LogP contribution in [0.25, 0.3) is 0 Å². The number of benzene rings is 1. The standard InChI is InChI=1S/C15H22FNO/c1-14(2,12-3-5-13(16)6-4-12)9-17-10-15(11-18)7-8-15/h3-6,17-18H,7-11H2,1-2H3. The van der Waals surface area contributed by atoms with Crippen molar-refractivity contribution in [3.63, 3.8) is 0 Å². The third-order valence-electron chi connectivity index (χ3n) is 3.99. The van der Waals surface area contributed by atoms with E-state index in [-0.39, 0.29) is 23.3 Å². The largest absolute Gasteiger partial charge is 0.396 e. The van der Waals surface area contributed by atoms with Crippen molar-refractivity contribution in [1.29, 1.82) is 0 Å². The van der Waals surface area contributed by atoms with Crippen LogP contribution in [0.15, 0.2) is 24.3 Å². The van der Waals surface area contributed by atoms with Crippen molar-refractivity contribution in [1.82, 2.24) is 5.32 Å². The lowest BCUT2D eigenvalue weighted by molar-refractivity contribution is 0.205. The van der Waals surface area contributed by atoms with Crippen LogP contribution < -0.4 is 5.32 Å². The number of halogens is 1. The Bertz CT molecular complexity index is 395. The molecule has 18 heavy (non-hydrogen) atoms. The van der Waals surface area contributed by atoms with Crippen molar-refractivity contribution in [3.05, 3.63) is 35.6 Å². The number of nitrogens with one attached hydrogen (secondary N) is 1. The highest BCUT2D eigenvalue weighted by molar-refractivity contribution is 5.24. The second-order valence-corrected chi connectivity index (χ2v) is 6.15. The Morgan fingerprint density at radius 3 is 2.39 bits per heavy atom. The summed E-state index contributed by atoms with van der Waals surface area (Å²) < 4.78 is 12.9. The molecule has 0 radical (unpaired) electrons. The zero-order valence-corrected chi connectivity index (χ0v) is 11.2. The minimum atomic E-state index is -0.195. The van der Waals surface area contributed by atoms with E-state index in [1.54, 1.807) is 0 Å². The molecule has 0 amide bonds. The van der Waals surface area contributed by atoms with Crippen molar-refractivity contribution in [2.24, 2.45) is 5.41 Å². The summed E-state index contributed by atoms with van der Waals surface area (Å²) in [6.07, 6.45) is 2.24. The van der Waals surface area contributed by atoms with Gasteiger partial charge in [0.2, 0.25) is 0 Å². The summed E-state index contributed by atoms with van der Waals surface area (Å²) in [4.78, 5) is 0. The molecule has 2 rings (SSSR count). The second-order valence-electron chi connectivity index (χ2n) is 6.15. The topological polar surface area (TPSA) is 32.3 Å². The van der Waals surface area contributed by atoms with Gasteiger partial charge in [0, 0.05) is 30.5 Å². The van der Waals surface area contributed by atoms with Gasteiger partial charge in [-0.2, -0.15) is 0 Å². The van der Waals surface area contributed by atoms with Crippen LogP contribution in [0.2, 0.25) is 0 Å². The second kappa shape index (κ2) is 4.98. The fourth-order valence-electron chi connectivity index (χ4n) is 2.21. The fraction of sp³-hybridized carbons (Fsp3) is 0.600. The van der Waals surface area contributed by atoms with Crippen molar-refractivity contribution in [2.75, 3.05) is 19.7 Å². The van der Waals surface area contributed by atoms with Crippen LogP contribution in [-0.2, 0) is 5.41 Å². The molecule has 3 heteroatoms. The van der Waals surface area contributed by atoms with Gasteiger partial charge in [0.15, 0.2) is 0 Å². The molecule has 1 saturated carbocycles. The van der Waals surface area contributed by atoms with E-state index in [9.17, 15) is 9.50 Å². The number of hydrogen-bond donors (Lipinski definition) is 2. The van der Waals surface area contributed by atoms with E-state index in [1.165, 1.54) is 12.1 Å². The van der Waals surface area contributed by atoms with Crippen molar-refractivity contribution < 1.29 is 9.50 Å². The molecule has 1 aromatic carbocycles. The quantitative estimate of drug-likeness (QED) is 0.814. The molecule has 0 aliphatic heterocycles. The smallest absolute Gasteiger partial charge is 0.123 e. The molecular formula is C15H22FNO. The molecule has 1 aliphatic rings. The lowest BCUT2D eigenvalue weighted by Crippen LogP contribution is -2.37. The number of aliphatic hydroxyl groups is 1. The van der Waals surface area contributed by atoms with E-state index in [2.05, 4.69) is 19.2 Å². The maximum absolute atomic E-state index is 12.9. The summed E-state index contributed by atoms with van der Waals surface area (Å²) in [5, 5.41) is 12.7. The number of aliphatic hydroxyl groups excluding tert-OH is 1. The highest BCUT2D eigenvalue weighted by atomic mass is 19.1. The van der Waals surface area contributed by atoms with Gasteiger partial charge in [0.25, 0.3) is 0 Å². The molecule has 0 unspecified atom stereocenters. The first-order chi connectivity index (χ1) is 8.47. The number of rotatable bonds is 6. The maximum atomic E-state index is 12.9. The van der Waals surface area contributed by atoms with Crippen molar-refractivity contribution >= 4 is 0 Å². The first-order valence-electron chi connectivity index (χ1n) is 6.55. The molecule has 0 aromatic heterocycles. The van der Waals surface area contributed by atoms with E-state index < -0.39 is 0 Å². The molecule has 2 nitrogen and oxygen atoms in total. The Labute approximate surface area is 108 Å². The van der Waals surface area contributed by atoms with Crippen LogP contribution in [-0.4, -0.2) is 24.8 Å². The van der Waals surface area contributed by atoms with Crippen molar-refractivity contribution in [2.45, 2.75) is 32.1 Å². The highest BCUT2D eigenvalue weighted by Crippen LogP contribution is 2.44. The molecule has 2 N–H and O–H groups in total. The monoisotopic (exact) mass is 251 g/mol. The average Bonchev–Trinajstić information content (AvgIpc) is 3.10. The molecule has 1 aromatic rings. The van der Waals surface area contributed by atoms with Crippen molar-refractivity contribution in [3.8, 4) is 0 Å². The van der Waals surface area contributed by atoms with E-state index >= 15 is 0 Å². The van der Waals surface area contributed by atoms with Gasteiger partial charge in [0.05, 0.1) is 0 Å². The first kappa shape index (κ1) is 13.5. The molecule has 0 bridgehead atoms. The summed E-state index contributed by atoms with van der Waals surface area (Å²) >= 11 is 0. The number of hydrogen-bond acceptors (Lipinski definition) is 2. The maximum Gasteiger partial charge on any atom is 0.123 e. The fourth-order valence-corrected chi connectivity index (χ4v) is 2.21. The molecule has 0 spiro atoms. The molecular weight excluding hydrogens is 229 g/mol. The minimum Gasteiger partial charge on any atom is -0.396 e. The Balaban J connectivity index is 1.88. The van der Waals surface area contributed by atoms with Gasteiger partial charge in [-0.15, -0.1) is 0 Å². The summed E-state index contributed by atoms with van der Waals surface area (Å²) in [5.41, 5.74) is 1.24. The van der Waals surface area contributed by atoms with E-state index in [1.807, 2.05) is 12.1 Å². The molecule has 0 heterocycles. The average molecular weight is 251 g/mol. The van der Waals surface area contributed by atoms with E-state index in [4.69, 9.17) is 0 Å². The predicted octanol–water partition coefficient (Wildman–Crippen LogP) is 2.47. The van der Waals surface area contributed by atoms with Gasteiger partial charge < -0.3 is 10.4 Å². The predicted molar refractivity (Wildman–Crippen MR) is 71.0 cm³/mol. The van der Waals surface area contributed by atoms with E-state index in [0.29, 0.717) is 0 Å². The molecule has 0 saturated heterocycles. The van der Waals surface area contributed by atoms with Gasteiger partial charge in [-0.25, -0.2) is 4.39 Å². The summed E-state index contributed by atoms with van der Waals surface area (Å²) in [6.45, 7) is 6.27.